The lowest BCUT2D eigenvalue weighted by atomic mass is 10.1. The van der Waals surface area contributed by atoms with Crippen molar-refractivity contribution in [2.45, 2.75) is 24.4 Å². The van der Waals surface area contributed by atoms with Crippen LogP contribution in [-0.2, 0) is 16.4 Å². The van der Waals surface area contributed by atoms with E-state index in [9.17, 15) is 13.2 Å². The Balaban J connectivity index is 2.00. The summed E-state index contributed by atoms with van der Waals surface area (Å²) in [5, 5.41) is 2.81. The Hall–Kier alpha value is -2.41. The van der Waals surface area contributed by atoms with Crippen molar-refractivity contribution in [3.05, 3.63) is 59.9 Å². The van der Waals surface area contributed by atoms with Crippen LogP contribution in [0.25, 0.3) is 0 Å². The summed E-state index contributed by atoms with van der Waals surface area (Å²) in [5.41, 5.74) is 1.64. The summed E-state index contributed by atoms with van der Waals surface area (Å²) >= 11 is 0. The van der Waals surface area contributed by atoms with E-state index in [-0.39, 0.29) is 17.0 Å². The maximum atomic E-state index is 12.2. The van der Waals surface area contributed by atoms with E-state index in [1.807, 2.05) is 25.1 Å². The van der Waals surface area contributed by atoms with Gasteiger partial charge >= 0.3 is 6.03 Å². The van der Waals surface area contributed by atoms with Gasteiger partial charge in [-0.3, -0.25) is 4.98 Å². The Morgan fingerprint density at radius 2 is 1.88 bits per heavy atom. The average molecular weight is 347 g/mol. The predicted octanol–water partition coefficient (Wildman–Crippen LogP) is 2.39. The summed E-state index contributed by atoms with van der Waals surface area (Å²) in [4.78, 5) is 18.2. The molecule has 1 heterocycles. The fourth-order valence-corrected chi connectivity index (χ4v) is 2.82. The zero-order valence-electron chi connectivity index (χ0n) is 13.9. The average Bonchev–Trinajstić information content (AvgIpc) is 2.58. The first kappa shape index (κ1) is 17.9. The first-order valence-electron chi connectivity index (χ1n) is 7.49. The molecule has 1 atom stereocenters. The van der Waals surface area contributed by atoms with E-state index in [1.165, 1.54) is 6.26 Å². The molecule has 24 heavy (non-hydrogen) atoms. The van der Waals surface area contributed by atoms with Gasteiger partial charge in [-0.25, -0.2) is 13.2 Å². The minimum absolute atomic E-state index is 0.192. The van der Waals surface area contributed by atoms with E-state index in [0.29, 0.717) is 6.54 Å². The third kappa shape index (κ3) is 4.55. The molecule has 1 aromatic heterocycles. The Labute approximate surface area is 142 Å². The van der Waals surface area contributed by atoms with Gasteiger partial charge in [0, 0.05) is 19.5 Å². The van der Waals surface area contributed by atoms with E-state index in [2.05, 4.69) is 10.3 Å². The number of hydrogen-bond donors (Lipinski definition) is 1. The zero-order valence-corrected chi connectivity index (χ0v) is 14.7. The van der Waals surface area contributed by atoms with Gasteiger partial charge < -0.3 is 10.2 Å². The van der Waals surface area contributed by atoms with Crippen LogP contribution in [0.15, 0.2) is 53.6 Å². The third-order valence-electron chi connectivity index (χ3n) is 3.84. The molecule has 0 aliphatic carbocycles. The minimum Gasteiger partial charge on any atom is -0.332 e. The first-order valence-corrected chi connectivity index (χ1v) is 9.39. The first-order chi connectivity index (χ1) is 11.3. The van der Waals surface area contributed by atoms with Gasteiger partial charge in [0.05, 0.1) is 23.2 Å². The molecule has 0 aliphatic heterocycles. The molecule has 2 rings (SSSR count). The lowest BCUT2D eigenvalue weighted by molar-refractivity contribution is 0.194. The fourth-order valence-electron chi connectivity index (χ4n) is 2.19. The monoisotopic (exact) mass is 347 g/mol. The highest BCUT2D eigenvalue weighted by molar-refractivity contribution is 7.90. The van der Waals surface area contributed by atoms with E-state index in [1.54, 1.807) is 42.4 Å². The van der Waals surface area contributed by atoms with Crippen LogP contribution in [0, 0.1) is 0 Å². The molecule has 0 saturated carbocycles. The number of urea groups is 1. The maximum Gasteiger partial charge on any atom is 0.317 e. The number of hydrogen-bond acceptors (Lipinski definition) is 4. The molecule has 0 saturated heterocycles. The molecular formula is C17H21N3O3S. The molecule has 1 aromatic carbocycles. The number of pyridine rings is 1. The van der Waals surface area contributed by atoms with Gasteiger partial charge in [-0.2, -0.15) is 0 Å². The molecule has 6 nitrogen and oxygen atoms in total. The van der Waals surface area contributed by atoms with Gasteiger partial charge in [-0.1, -0.05) is 18.2 Å². The van der Waals surface area contributed by atoms with Crippen molar-refractivity contribution in [1.29, 1.82) is 0 Å². The Kier molecular flexibility index (Phi) is 5.56. The van der Waals surface area contributed by atoms with Gasteiger partial charge in [0.2, 0.25) is 0 Å². The smallest absolute Gasteiger partial charge is 0.317 e. The second-order valence-electron chi connectivity index (χ2n) is 5.61. The molecule has 7 heteroatoms. The van der Waals surface area contributed by atoms with Crippen molar-refractivity contribution >= 4 is 15.9 Å². The second kappa shape index (κ2) is 7.44. The van der Waals surface area contributed by atoms with Gasteiger partial charge in [-0.15, -0.1) is 0 Å². The predicted molar refractivity (Wildman–Crippen MR) is 92.2 cm³/mol. The number of nitrogens with zero attached hydrogens (tertiary/aromatic N) is 2. The van der Waals surface area contributed by atoms with Crippen molar-refractivity contribution < 1.29 is 13.2 Å². The Morgan fingerprint density at radius 1 is 1.21 bits per heavy atom. The summed E-state index contributed by atoms with van der Waals surface area (Å²) in [6.45, 7) is 2.24. The highest BCUT2D eigenvalue weighted by atomic mass is 32.2. The van der Waals surface area contributed by atoms with Crippen molar-refractivity contribution in [2.75, 3.05) is 13.3 Å². The molecular weight excluding hydrogens is 326 g/mol. The molecule has 0 fully saturated rings. The molecule has 0 bridgehead atoms. The van der Waals surface area contributed by atoms with Gasteiger partial charge in [0.15, 0.2) is 9.84 Å². The normalized spacial score (nSPS) is 12.5. The largest absolute Gasteiger partial charge is 0.332 e. The Morgan fingerprint density at radius 3 is 2.42 bits per heavy atom. The van der Waals surface area contributed by atoms with E-state index in [4.69, 9.17) is 0 Å². The Bertz CT molecular complexity index is 790. The molecule has 128 valence electrons. The van der Waals surface area contributed by atoms with Crippen molar-refractivity contribution in [3.63, 3.8) is 0 Å². The zero-order chi connectivity index (χ0) is 17.7. The molecule has 1 N–H and O–H groups in total. The molecule has 2 aromatic rings. The summed E-state index contributed by atoms with van der Waals surface area (Å²) in [5.74, 6) is 0. The van der Waals surface area contributed by atoms with E-state index in [0.717, 1.165) is 11.3 Å². The van der Waals surface area contributed by atoms with Crippen LogP contribution >= 0.6 is 0 Å². The summed E-state index contributed by atoms with van der Waals surface area (Å²) in [7, 11) is -1.52. The van der Waals surface area contributed by atoms with Crippen LogP contribution in [0.5, 0.6) is 0 Å². The van der Waals surface area contributed by atoms with Crippen LogP contribution in [0.2, 0.25) is 0 Å². The lowest BCUT2D eigenvalue weighted by Gasteiger charge is -2.25. The second-order valence-corrected chi connectivity index (χ2v) is 7.62. The van der Waals surface area contributed by atoms with Gasteiger partial charge in [0.25, 0.3) is 0 Å². The molecule has 0 aliphatic rings. The van der Waals surface area contributed by atoms with Crippen LogP contribution in [0.4, 0.5) is 4.79 Å². The molecule has 0 spiro atoms. The topological polar surface area (TPSA) is 79.4 Å². The lowest BCUT2D eigenvalue weighted by Crippen LogP contribution is -2.38. The van der Waals surface area contributed by atoms with Crippen LogP contribution < -0.4 is 5.32 Å². The minimum atomic E-state index is -3.22. The van der Waals surface area contributed by atoms with E-state index >= 15 is 0 Å². The standard InChI is InChI=1S/C17H21N3O3S/c1-13(14-7-9-16(10-8-14)24(3,22)23)20(2)17(21)19-12-15-6-4-5-11-18-15/h4-11,13H,12H2,1-3H3,(H,19,21). The van der Waals surface area contributed by atoms with Gasteiger partial charge in [0.1, 0.15) is 0 Å². The number of aromatic nitrogens is 1. The highest BCUT2D eigenvalue weighted by Crippen LogP contribution is 2.20. The van der Waals surface area contributed by atoms with Crippen molar-refractivity contribution in [1.82, 2.24) is 15.2 Å². The van der Waals surface area contributed by atoms with Gasteiger partial charge in [-0.05, 0) is 36.8 Å². The highest BCUT2D eigenvalue weighted by Gasteiger charge is 2.18. The van der Waals surface area contributed by atoms with Crippen molar-refractivity contribution in [3.8, 4) is 0 Å². The molecule has 2 amide bonds. The number of amides is 2. The van der Waals surface area contributed by atoms with Crippen molar-refractivity contribution in [2.24, 2.45) is 0 Å². The quantitative estimate of drug-likeness (QED) is 0.901. The van der Waals surface area contributed by atoms with E-state index < -0.39 is 9.84 Å². The number of rotatable bonds is 5. The summed E-state index contributed by atoms with van der Waals surface area (Å²) in [6.07, 6.45) is 2.85. The number of carbonyl (C=O) groups is 1. The number of sulfone groups is 1. The third-order valence-corrected chi connectivity index (χ3v) is 4.97. The fraction of sp³-hybridized carbons (Fsp3) is 0.294. The number of carbonyl (C=O) groups excluding carboxylic acids is 1. The SMILES string of the molecule is CC(c1ccc(S(C)(=O)=O)cc1)N(C)C(=O)NCc1ccccn1. The maximum absolute atomic E-state index is 12.2. The number of benzene rings is 1. The number of nitrogens with one attached hydrogen (secondary N) is 1. The van der Waals surface area contributed by atoms with Crippen LogP contribution in [0.3, 0.4) is 0 Å². The molecule has 1 unspecified atom stereocenters. The molecule has 0 radical (unpaired) electrons. The van der Waals surface area contributed by atoms with Crippen LogP contribution in [-0.4, -0.2) is 37.6 Å². The van der Waals surface area contributed by atoms with Crippen LogP contribution in [0.1, 0.15) is 24.2 Å². The summed E-state index contributed by atoms with van der Waals surface area (Å²) in [6, 6.07) is 11.7. The summed E-state index contributed by atoms with van der Waals surface area (Å²) < 4.78 is 23.0.